The third-order valence-electron chi connectivity index (χ3n) is 4.66. The van der Waals surface area contributed by atoms with Gasteiger partial charge >= 0.3 is 0 Å². The maximum Gasteiger partial charge on any atom is 0.242 e. The van der Waals surface area contributed by atoms with Crippen molar-refractivity contribution in [2.75, 3.05) is 19.5 Å². The van der Waals surface area contributed by atoms with E-state index in [2.05, 4.69) is 15.8 Å². The van der Waals surface area contributed by atoms with Crippen molar-refractivity contribution in [1.29, 1.82) is 0 Å². The summed E-state index contributed by atoms with van der Waals surface area (Å²) in [5, 5.41) is 0. The smallest absolute Gasteiger partial charge is 0.242 e. The van der Waals surface area contributed by atoms with E-state index < -0.39 is 10.0 Å². The predicted octanol–water partition coefficient (Wildman–Crippen LogP) is 2.52. The van der Waals surface area contributed by atoms with Crippen LogP contribution in [0.2, 0.25) is 0 Å². The average molecular weight is 434 g/mol. The van der Waals surface area contributed by atoms with Crippen LogP contribution in [0.4, 0.5) is 10.1 Å². The normalized spacial score (nSPS) is 11.8. The molecule has 3 aromatic rings. The molecule has 0 aliphatic rings. The van der Waals surface area contributed by atoms with Gasteiger partial charge in [-0.25, -0.2) is 22.1 Å². The Hall–Kier alpha value is -2.98. The number of hydrogen-bond acceptors (Lipinski definition) is 5. The molecular weight excluding hydrogens is 409 g/mol. The molecule has 2 N–H and O–H groups in total. The Kier molecular flexibility index (Phi) is 6.37. The van der Waals surface area contributed by atoms with E-state index in [9.17, 15) is 17.6 Å². The van der Waals surface area contributed by atoms with Gasteiger partial charge in [0.05, 0.1) is 21.6 Å². The van der Waals surface area contributed by atoms with Gasteiger partial charge < -0.3 is 4.57 Å². The van der Waals surface area contributed by atoms with E-state index in [0.717, 1.165) is 9.82 Å². The summed E-state index contributed by atoms with van der Waals surface area (Å²) in [4.78, 5) is 16.9. The number of imidazole rings is 1. The van der Waals surface area contributed by atoms with E-state index >= 15 is 0 Å². The number of carbonyl (C=O) groups excluding carboxylic acids is 1. The second-order valence-corrected chi connectivity index (χ2v) is 9.04. The van der Waals surface area contributed by atoms with E-state index in [0.29, 0.717) is 30.0 Å². The molecule has 0 aliphatic carbocycles. The van der Waals surface area contributed by atoms with E-state index in [4.69, 9.17) is 0 Å². The molecule has 0 aliphatic heterocycles. The fourth-order valence-corrected chi connectivity index (χ4v) is 3.96. The van der Waals surface area contributed by atoms with Crippen LogP contribution in [0, 0.1) is 5.82 Å². The van der Waals surface area contributed by atoms with Gasteiger partial charge in [-0.05, 0) is 49.4 Å². The lowest BCUT2D eigenvalue weighted by Gasteiger charge is -2.11. The zero-order valence-corrected chi connectivity index (χ0v) is 17.8. The molecule has 0 saturated carbocycles. The van der Waals surface area contributed by atoms with E-state index in [1.807, 2.05) is 11.5 Å². The average Bonchev–Trinajstić information content (AvgIpc) is 3.08. The highest BCUT2D eigenvalue weighted by atomic mass is 32.2. The van der Waals surface area contributed by atoms with Crippen LogP contribution in [0.25, 0.3) is 11.0 Å². The van der Waals surface area contributed by atoms with Gasteiger partial charge in [-0.15, -0.1) is 0 Å². The van der Waals surface area contributed by atoms with Crippen LogP contribution in [-0.4, -0.2) is 42.3 Å². The highest BCUT2D eigenvalue weighted by molar-refractivity contribution is 7.89. The molecule has 10 heteroatoms. The molecule has 1 heterocycles. The first-order valence-corrected chi connectivity index (χ1v) is 10.9. The van der Waals surface area contributed by atoms with Gasteiger partial charge in [0.15, 0.2) is 0 Å². The number of halogens is 1. The molecule has 0 saturated heterocycles. The Labute approximate surface area is 174 Å². The predicted molar refractivity (Wildman–Crippen MR) is 113 cm³/mol. The minimum Gasteiger partial charge on any atom is -0.328 e. The molecule has 1 aromatic heterocycles. The van der Waals surface area contributed by atoms with Crippen LogP contribution in [0.1, 0.15) is 19.2 Å². The first kappa shape index (κ1) is 21.7. The van der Waals surface area contributed by atoms with Crippen LogP contribution >= 0.6 is 0 Å². The largest absolute Gasteiger partial charge is 0.328 e. The Morgan fingerprint density at radius 2 is 1.87 bits per heavy atom. The third-order valence-corrected chi connectivity index (χ3v) is 6.47. The Morgan fingerprint density at radius 1 is 1.17 bits per heavy atom. The number of nitrogens with one attached hydrogen (secondary N) is 2. The number of hydrogen-bond donors (Lipinski definition) is 2. The summed E-state index contributed by atoms with van der Waals surface area (Å²) in [5.74, 6) is 0.0978. The lowest BCUT2D eigenvalue weighted by Crippen LogP contribution is -2.29. The molecule has 1 amide bonds. The summed E-state index contributed by atoms with van der Waals surface area (Å²) in [6, 6.07) is 10.5. The number of amides is 1. The van der Waals surface area contributed by atoms with Crippen molar-refractivity contribution in [1.82, 2.24) is 19.3 Å². The topological polar surface area (TPSA) is 96.3 Å². The maximum atomic E-state index is 12.9. The SMILES string of the molecule is CCn1c(CCC(=O)NNc2ccc(F)cc2)nc2cc(S(=O)(=O)N(C)C)ccc21. The standard InChI is InChI=1S/C20H24FN5O3S/c1-4-26-18-10-9-16(30(28,29)25(2)3)13-17(18)22-19(26)11-12-20(27)24-23-15-7-5-14(21)6-8-15/h5-10,13,23H,4,11-12H2,1-3H3,(H,24,27). The monoisotopic (exact) mass is 433 g/mol. The Morgan fingerprint density at radius 3 is 2.50 bits per heavy atom. The third kappa shape index (κ3) is 4.60. The van der Waals surface area contributed by atoms with Crippen molar-refractivity contribution >= 4 is 32.7 Å². The molecule has 3 rings (SSSR count). The first-order chi connectivity index (χ1) is 14.2. The fourth-order valence-electron chi connectivity index (χ4n) is 3.04. The number of benzene rings is 2. The molecule has 0 radical (unpaired) electrons. The zero-order valence-electron chi connectivity index (χ0n) is 17.0. The summed E-state index contributed by atoms with van der Waals surface area (Å²) in [5.41, 5.74) is 7.25. The van der Waals surface area contributed by atoms with Crippen molar-refractivity contribution < 1.29 is 17.6 Å². The van der Waals surface area contributed by atoms with Gasteiger partial charge in [-0.1, -0.05) is 0 Å². The summed E-state index contributed by atoms with van der Waals surface area (Å²) in [7, 11) is -0.592. The molecule has 0 bridgehead atoms. The number of aromatic nitrogens is 2. The Balaban J connectivity index is 1.72. The van der Waals surface area contributed by atoms with Crippen molar-refractivity contribution in [3.05, 3.63) is 54.1 Å². The number of fused-ring (bicyclic) bond motifs is 1. The van der Waals surface area contributed by atoms with Gasteiger partial charge in [0.25, 0.3) is 0 Å². The molecule has 0 spiro atoms. The molecule has 0 fully saturated rings. The number of rotatable bonds is 8. The van der Waals surface area contributed by atoms with Crippen molar-refractivity contribution in [2.45, 2.75) is 31.2 Å². The van der Waals surface area contributed by atoms with Crippen LogP contribution in [-0.2, 0) is 27.8 Å². The van der Waals surface area contributed by atoms with Gasteiger partial charge in [0, 0.05) is 33.5 Å². The van der Waals surface area contributed by atoms with Gasteiger partial charge in [-0.2, -0.15) is 0 Å². The van der Waals surface area contributed by atoms with Crippen LogP contribution in [0.3, 0.4) is 0 Å². The van der Waals surface area contributed by atoms with Gasteiger partial charge in [0.2, 0.25) is 15.9 Å². The van der Waals surface area contributed by atoms with Crippen LogP contribution < -0.4 is 10.9 Å². The number of nitrogens with zero attached hydrogens (tertiary/aromatic N) is 3. The molecule has 8 nitrogen and oxygen atoms in total. The number of carbonyl (C=O) groups is 1. The number of hydrazine groups is 1. The van der Waals surface area contributed by atoms with E-state index in [1.165, 1.54) is 38.4 Å². The van der Waals surface area contributed by atoms with Gasteiger partial charge in [-0.3, -0.25) is 15.6 Å². The molecular formula is C20H24FN5O3S. The summed E-state index contributed by atoms with van der Waals surface area (Å²) in [6.07, 6.45) is 0.565. The van der Waals surface area contributed by atoms with Crippen LogP contribution in [0.5, 0.6) is 0 Å². The second kappa shape index (κ2) is 8.80. The van der Waals surface area contributed by atoms with Crippen molar-refractivity contribution in [3.63, 3.8) is 0 Å². The van der Waals surface area contributed by atoms with Crippen molar-refractivity contribution in [3.8, 4) is 0 Å². The minimum absolute atomic E-state index is 0.175. The lowest BCUT2D eigenvalue weighted by molar-refractivity contribution is -0.120. The van der Waals surface area contributed by atoms with Gasteiger partial charge in [0.1, 0.15) is 11.6 Å². The highest BCUT2D eigenvalue weighted by Crippen LogP contribution is 2.22. The lowest BCUT2D eigenvalue weighted by atomic mass is 10.3. The summed E-state index contributed by atoms with van der Waals surface area (Å²) >= 11 is 0. The first-order valence-electron chi connectivity index (χ1n) is 9.44. The van der Waals surface area contributed by atoms with E-state index in [-0.39, 0.29) is 23.0 Å². The number of sulfonamides is 1. The zero-order chi connectivity index (χ0) is 21.9. The molecule has 30 heavy (non-hydrogen) atoms. The Bertz CT molecular complexity index is 1160. The van der Waals surface area contributed by atoms with Crippen LogP contribution in [0.15, 0.2) is 47.4 Å². The quantitative estimate of drug-likeness (QED) is 0.532. The fraction of sp³-hybridized carbons (Fsp3) is 0.300. The minimum atomic E-state index is -3.55. The molecule has 160 valence electrons. The summed E-state index contributed by atoms with van der Waals surface area (Å²) < 4.78 is 40.8. The van der Waals surface area contributed by atoms with E-state index in [1.54, 1.807) is 18.2 Å². The molecule has 2 aromatic carbocycles. The number of anilines is 1. The highest BCUT2D eigenvalue weighted by Gasteiger charge is 2.19. The molecule has 0 unspecified atom stereocenters. The maximum absolute atomic E-state index is 12.9. The number of aryl methyl sites for hydroxylation is 2. The summed E-state index contributed by atoms with van der Waals surface area (Å²) in [6.45, 7) is 2.60. The van der Waals surface area contributed by atoms with Crippen molar-refractivity contribution in [2.24, 2.45) is 0 Å². The molecule has 0 atom stereocenters. The second-order valence-electron chi connectivity index (χ2n) is 6.89.